The number of carbonyl (C=O) groups excluding carboxylic acids is 2. The molecule has 1 aliphatic rings. The fraction of sp³-hybridized carbons (Fsp3) is 0.100. The molecule has 0 spiro atoms. The molecule has 0 radical (unpaired) electrons. The van der Waals surface area contributed by atoms with Crippen molar-refractivity contribution < 1.29 is 23.8 Å². The number of ether oxygens (including phenoxy) is 3. The Kier molecular flexibility index (Phi) is 4.93. The second-order valence-electron chi connectivity index (χ2n) is 6.01. The van der Waals surface area contributed by atoms with Crippen LogP contribution in [-0.4, -0.2) is 35.7 Å². The maximum absolute atomic E-state index is 12.4. The molecule has 1 amide bonds. The summed E-state index contributed by atoms with van der Waals surface area (Å²) in [4.78, 5) is 32.3. The number of fused-ring (bicyclic) bond motifs is 1. The number of esters is 1. The first kappa shape index (κ1) is 18.2. The summed E-state index contributed by atoms with van der Waals surface area (Å²) in [6.45, 7) is 0.196. The molecular weight excluding hydrogens is 376 g/mol. The lowest BCUT2D eigenvalue weighted by Crippen LogP contribution is -2.13. The van der Waals surface area contributed by atoms with Gasteiger partial charge >= 0.3 is 5.97 Å². The smallest absolute Gasteiger partial charge is 0.337 e. The summed E-state index contributed by atoms with van der Waals surface area (Å²) in [6, 6.07) is 11.8. The number of hydrogen-bond donors (Lipinski definition) is 2. The van der Waals surface area contributed by atoms with E-state index in [4.69, 9.17) is 9.47 Å². The Balaban J connectivity index is 1.42. The fourth-order valence-electron chi connectivity index (χ4n) is 2.66. The van der Waals surface area contributed by atoms with Crippen LogP contribution in [0.5, 0.6) is 11.5 Å². The maximum atomic E-state index is 12.4. The van der Waals surface area contributed by atoms with Gasteiger partial charge in [0.25, 0.3) is 5.91 Å². The lowest BCUT2D eigenvalue weighted by atomic mass is 10.2. The third kappa shape index (κ3) is 4.08. The number of aromatic nitrogens is 2. The first-order chi connectivity index (χ1) is 14.1. The number of benzene rings is 2. The monoisotopic (exact) mass is 392 g/mol. The molecule has 2 aromatic carbocycles. The molecule has 0 unspecified atom stereocenters. The highest BCUT2D eigenvalue weighted by molar-refractivity contribution is 6.04. The SMILES string of the molecule is COC(=O)c1cccc(NC(=O)c2cnc(Nc3ccc4c(c3)OCO4)nc2)c1. The van der Waals surface area contributed by atoms with Crippen LogP contribution in [-0.2, 0) is 4.74 Å². The Morgan fingerprint density at radius 2 is 1.76 bits per heavy atom. The van der Waals surface area contributed by atoms with E-state index < -0.39 is 11.9 Å². The van der Waals surface area contributed by atoms with Crippen LogP contribution in [0.3, 0.4) is 0 Å². The second-order valence-corrected chi connectivity index (χ2v) is 6.01. The zero-order valence-corrected chi connectivity index (χ0v) is 15.3. The number of amides is 1. The molecule has 1 aliphatic heterocycles. The number of rotatable bonds is 5. The molecule has 9 nitrogen and oxygen atoms in total. The van der Waals surface area contributed by atoms with E-state index in [2.05, 4.69) is 25.3 Å². The van der Waals surface area contributed by atoms with Crippen LogP contribution >= 0.6 is 0 Å². The van der Waals surface area contributed by atoms with Crippen LogP contribution in [0.1, 0.15) is 20.7 Å². The first-order valence-electron chi connectivity index (χ1n) is 8.61. The molecule has 0 bridgehead atoms. The number of methoxy groups -OCH3 is 1. The van der Waals surface area contributed by atoms with E-state index in [-0.39, 0.29) is 12.4 Å². The van der Waals surface area contributed by atoms with E-state index in [1.54, 1.807) is 30.3 Å². The topological polar surface area (TPSA) is 112 Å². The van der Waals surface area contributed by atoms with Crippen LogP contribution in [0.15, 0.2) is 54.9 Å². The quantitative estimate of drug-likeness (QED) is 0.638. The molecule has 0 fully saturated rings. The summed E-state index contributed by atoms with van der Waals surface area (Å²) in [5, 5.41) is 5.73. The number of nitrogens with zero attached hydrogens (tertiary/aromatic N) is 2. The molecule has 0 aliphatic carbocycles. The largest absolute Gasteiger partial charge is 0.465 e. The predicted molar refractivity (Wildman–Crippen MR) is 104 cm³/mol. The molecule has 0 saturated heterocycles. The molecule has 0 saturated carbocycles. The van der Waals surface area contributed by atoms with Gasteiger partial charge in [-0.2, -0.15) is 0 Å². The predicted octanol–water partition coefficient (Wildman–Crippen LogP) is 2.99. The van der Waals surface area contributed by atoms with Gasteiger partial charge in [-0.3, -0.25) is 4.79 Å². The zero-order chi connectivity index (χ0) is 20.2. The lowest BCUT2D eigenvalue weighted by Gasteiger charge is -2.08. The van der Waals surface area contributed by atoms with E-state index in [1.165, 1.54) is 25.6 Å². The average molecular weight is 392 g/mol. The fourth-order valence-corrected chi connectivity index (χ4v) is 2.66. The van der Waals surface area contributed by atoms with Crippen molar-refractivity contribution in [2.24, 2.45) is 0 Å². The van der Waals surface area contributed by atoms with Gasteiger partial charge < -0.3 is 24.8 Å². The van der Waals surface area contributed by atoms with Crippen molar-refractivity contribution in [3.63, 3.8) is 0 Å². The molecule has 2 heterocycles. The van der Waals surface area contributed by atoms with E-state index in [9.17, 15) is 9.59 Å². The summed E-state index contributed by atoms with van der Waals surface area (Å²) in [6.07, 6.45) is 2.81. The zero-order valence-electron chi connectivity index (χ0n) is 15.3. The Labute approximate surface area is 165 Å². The minimum absolute atomic E-state index is 0.196. The summed E-state index contributed by atoms with van der Waals surface area (Å²) in [5.41, 5.74) is 1.79. The minimum Gasteiger partial charge on any atom is -0.465 e. The van der Waals surface area contributed by atoms with Crippen LogP contribution in [0, 0.1) is 0 Å². The standard InChI is InChI=1S/C20H16N4O5/c1-27-19(26)12-3-2-4-14(7-12)23-18(25)13-9-21-20(22-10-13)24-15-5-6-16-17(8-15)29-11-28-16/h2-10H,11H2,1H3,(H,23,25)(H,21,22,24). The van der Waals surface area contributed by atoms with Crippen molar-refractivity contribution in [3.8, 4) is 11.5 Å². The van der Waals surface area contributed by atoms with Gasteiger partial charge in [0.1, 0.15) is 0 Å². The summed E-state index contributed by atoms with van der Waals surface area (Å²) >= 11 is 0. The van der Waals surface area contributed by atoms with Crippen molar-refractivity contribution in [1.29, 1.82) is 0 Å². The van der Waals surface area contributed by atoms with Crippen molar-refractivity contribution in [1.82, 2.24) is 9.97 Å². The highest BCUT2D eigenvalue weighted by atomic mass is 16.7. The molecule has 1 aromatic heterocycles. The van der Waals surface area contributed by atoms with Crippen LogP contribution in [0.25, 0.3) is 0 Å². The van der Waals surface area contributed by atoms with Crippen LogP contribution in [0.4, 0.5) is 17.3 Å². The second kappa shape index (κ2) is 7.85. The van der Waals surface area contributed by atoms with Gasteiger partial charge in [-0.1, -0.05) is 6.07 Å². The highest BCUT2D eigenvalue weighted by Gasteiger charge is 2.14. The van der Waals surface area contributed by atoms with Gasteiger partial charge in [-0.15, -0.1) is 0 Å². The van der Waals surface area contributed by atoms with Crippen LogP contribution < -0.4 is 20.1 Å². The third-order valence-electron chi connectivity index (χ3n) is 4.08. The molecule has 9 heteroatoms. The molecule has 2 N–H and O–H groups in total. The molecular formula is C20H16N4O5. The number of anilines is 3. The third-order valence-corrected chi connectivity index (χ3v) is 4.08. The van der Waals surface area contributed by atoms with Crippen molar-refractivity contribution >= 4 is 29.2 Å². The van der Waals surface area contributed by atoms with E-state index in [0.717, 1.165) is 5.69 Å². The van der Waals surface area contributed by atoms with Crippen molar-refractivity contribution in [3.05, 3.63) is 66.0 Å². The number of hydrogen-bond acceptors (Lipinski definition) is 8. The minimum atomic E-state index is -0.483. The molecule has 4 rings (SSSR count). The molecule has 0 atom stereocenters. The Hall–Kier alpha value is -4.14. The summed E-state index contributed by atoms with van der Waals surface area (Å²) < 4.78 is 15.3. The molecule has 29 heavy (non-hydrogen) atoms. The number of carbonyl (C=O) groups is 2. The van der Waals surface area contributed by atoms with Crippen molar-refractivity contribution in [2.75, 3.05) is 24.5 Å². The van der Waals surface area contributed by atoms with E-state index >= 15 is 0 Å². The molecule has 3 aromatic rings. The van der Waals surface area contributed by atoms with Gasteiger partial charge in [0.2, 0.25) is 12.7 Å². The Morgan fingerprint density at radius 3 is 2.55 bits per heavy atom. The maximum Gasteiger partial charge on any atom is 0.337 e. The molecule has 146 valence electrons. The van der Waals surface area contributed by atoms with E-state index in [1.807, 2.05) is 6.07 Å². The highest BCUT2D eigenvalue weighted by Crippen LogP contribution is 2.34. The van der Waals surface area contributed by atoms with Crippen LogP contribution in [0.2, 0.25) is 0 Å². The van der Waals surface area contributed by atoms with Gasteiger partial charge in [0.05, 0.1) is 18.2 Å². The first-order valence-corrected chi connectivity index (χ1v) is 8.61. The van der Waals surface area contributed by atoms with Gasteiger partial charge in [0, 0.05) is 29.8 Å². The van der Waals surface area contributed by atoms with Gasteiger partial charge in [-0.05, 0) is 30.3 Å². The summed E-state index contributed by atoms with van der Waals surface area (Å²) in [7, 11) is 1.30. The van der Waals surface area contributed by atoms with Gasteiger partial charge in [0.15, 0.2) is 11.5 Å². The van der Waals surface area contributed by atoms with Crippen molar-refractivity contribution in [2.45, 2.75) is 0 Å². The summed E-state index contributed by atoms with van der Waals surface area (Å²) in [5.74, 6) is 0.762. The Bertz CT molecular complexity index is 1070. The van der Waals surface area contributed by atoms with Gasteiger partial charge in [-0.25, -0.2) is 14.8 Å². The lowest BCUT2D eigenvalue weighted by molar-refractivity contribution is 0.0600. The Morgan fingerprint density at radius 1 is 0.966 bits per heavy atom. The average Bonchev–Trinajstić information content (AvgIpc) is 3.22. The normalized spacial score (nSPS) is 11.6. The van der Waals surface area contributed by atoms with E-state index in [0.29, 0.717) is 28.7 Å². The number of nitrogens with one attached hydrogen (secondary N) is 2.